The second-order valence-corrected chi connectivity index (χ2v) is 4.17. The minimum Gasteiger partial charge on any atom is -0.434 e. The highest BCUT2D eigenvalue weighted by Crippen LogP contribution is 2.29. The monoisotopic (exact) mass is 267 g/mol. The van der Waals surface area contributed by atoms with Crippen LogP contribution in [0.4, 0.5) is 8.78 Å². The fraction of sp³-hybridized carbons (Fsp3) is 0.467. The zero-order chi connectivity index (χ0) is 14.1. The Kier molecular flexibility index (Phi) is 6.91. The van der Waals surface area contributed by atoms with E-state index in [2.05, 4.69) is 16.0 Å². The van der Waals surface area contributed by atoms with Gasteiger partial charge in [-0.1, -0.05) is 25.1 Å². The fourth-order valence-electron chi connectivity index (χ4n) is 1.89. The fourth-order valence-corrected chi connectivity index (χ4v) is 1.89. The standard InChI is InChI=1S/C15H19F2NO/c1-3-5-9-13(18-11-4-2)12-8-6-7-10-14(12)19-15(16)17/h1,6-8,10,13,15,18H,4-5,9,11H2,2H3. The second kappa shape index (κ2) is 8.49. The molecule has 1 atom stereocenters. The molecule has 0 fully saturated rings. The Morgan fingerprint density at radius 3 is 2.74 bits per heavy atom. The summed E-state index contributed by atoms with van der Waals surface area (Å²) in [6.07, 6.45) is 7.52. The summed E-state index contributed by atoms with van der Waals surface area (Å²) in [5.74, 6) is 2.79. The second-order valence-electron chi connectivity index (χ2n) is 4.17. The molecule has 1 aromatic rings. The van der Waals surface area contributed by atoms with Gasteiger partial charge in [0.2, 0.25) is 0 Å². The molecule has 0 aromatic heterocycles. The van der Waals surface area contributed by atoms with Crippen molar-refractivity contribution in [2.75, 3.05) is 6.54 Å². The summed E-state index contributed by atoms with van der Waals surface area (Å²) in [7, 11) is 0. The summed E-state index contributed by atoms with van der Waals surface area (Å²) < 4.78 is 29.3. The number of alkyl halides is 2. The van der Waals surface area contributed by atoms with Crippen LogP contribution in [0.3, 0.4) is 0 Å². The van der Waals surface area contributed by atoms with Crippen molar-refractivity contribution in [3.8, 4) is 18.1 Å². The van der Waals surface area contributed by atoms with Gasteiger partial charge in [-0.05, 0) is 25.5 Å². The van der Waals surface area contributed by atoms with Gasteiger partial charge in [0, 0.05) is 18.0 Å². The van der Waals surface area contributed by atoms with Crippen molar-refractivity contribution < 1.29 is 13.5 Å². The third-order valence-corrected chi connectivity index (χ3v) is 2.73. The van der Waals surface area contributed by atoms with Crippen molar-refractivity contribution in [3.63, 3.8) is 0 Å². The lowest BCUT2D eigenvalue weighted by molar-refractivity contribution is -0.0507. The van der Waals surface area contributed by atoms with Crippen molar-refractivity contribution in [3.05, 3.63) is 29.8 Å². The molecule has 0 saturated heterocycles. The van der Waals surface area contributed by atoms with E-state index in [4.69, 9.17) is 6.42 Å². The Morgan fingerprint density at radius 2 is 2.11 bits per heavy atom. The Hall–Kier alpha value is -1.60. The molecule has 1 aromatic carbocycles. The zero-order valence-corrected chi connectivity index (χ0v) is 11.0. The molecule has 19 heavy (non-hydrogen) atoms. The molecular weight excluding hydrogens is 248 g/mol. The number of benzene rings is 1. The highest BCUT2D eigenvalue weighted by atomic mass is 19.3. The molecule has 2 nitrogen and oxygen atoms in total. The van der Waals surface area contributed by atoms with Crippen molar-refractivity contribution in [2.24, 2.45) is 0 Å². The van der Waals surface area contributed by atoms with Gasteiger partial charge in [0.1, 0.15) is 5.75 Å². The minimum atomic E-state index is -2.82. The van der Waals surface area contributed by atoms with E-state index in [1.807, 2.05) is 13.0 Å². The first-order valence-electron chi connectivity index (χ1n) is 6.39. The number of halogens is 2. The summed E-state index contributed by atoms with van der Waals surface area (Å²) in [4.78, 5) is 0. The minimum absolute atomic E-state index is 0.0639. The largest absolute Gasteiger partial charge is 0.434 e. The van der Waals surface area contributed by atoms with Crippen molar-refractivity contribution in [1.82, 2.24) is 5.32 Å². The van der Waals surface area contributed by atoms with Gasteiger partial charge in [0.05, 0.1) is 0 Å². The molecule has 0 aliphatic rings. The van der Waals surface area contributed by atoms with Crippen LogP contribution in [-0.4, -0.2) is 13.2 Å². The number of hydrogen-bond donors (Lipinski definition) is 1. The first kappa shape index (κ1) is 15.5. The predicted molar refractivity (Wildman–Crippen MR) is 72.2 cm³/mol. The summed E-state index contributed by atoms with van der Waals surface area (Å²) in [5.41, 5.74) is 0.728. The SMILES string of the molecule is C#CCCC(NCCC)c1ccccc1OC(F)F. The first-order chi connectivity index (χ1) is 9.19. The quantitative estimate of drug-likeness (QED) is 0.724. The average Bonchev–Trinajstić information content (AvgIpc) is 2.39. The zero-order valence-electron chi connectivity index (χ0n) is 11.0. The Labute approximate surface area is 113 Å². The summed E-state index contributed by atoms with van der Waals surface area (Å²) in [5, 5.41) is 3.31. The van der Waals surface area contributed by atoms with Crippen LogP contribution in [0.15, 0.2) is 24.3 Å². The van der Waals surface area contributed by atoms with E-state index in [9.17, 15) is 8.78 Å². The van der Waals surface area contributed by atoms with Crippen LogP contribution in [0, 0.1) is 12.3 Å². The van der Waals surface area contributed by atoms with Crippen LogP contribution in [0.1, 0.15) is 37.8 Å². The molecule has 1 N–H and O–H groups in total. The first-order valence-corrected chi connectivity index (χ1v) is 6.39. The van der Waals surface area contributed by atoms with E-state index in [0.717, 1.165) is 18.5 Å². The van der Waals surface area contributed by atoms with E-state index in [-0.39, 0.29) is 11.8 Å². The molecule has 0 heterocycles. The lowest BCUT2D eigenvalue weighted by atomic mass is 10.0. The summed E-state index contributed by atoms with van der Waals surface area (Å²) >= 11 is 0. The van der Waals surface area contributed by atoms with Crippen LogP contribution in [0.5, 0.6) is 5.75 Å². The van der Waals surface area contributed by atoms with E-state index >= 15 is 0 Å². The van der Waals surface area contributed by atoms with Gasteiger partial charge in [-0.3, -0.25) is 0 Å². The maximum atomic E-state index is 12.4. The Balaban J connectivity index is 2.89. The highest BCUT2D eigenvalue weighted by Gasteiger charge is 2.17. The number of nitrogens with one attached hydrogen (secondary N) is 1. The molecule has 4 heteroatoms. The molecule has 0 aliphatic carbocycles. The van der Waals surface area contributed by atoms with Crippen molar-refractivity contribution >= 4 is 0 Å². The molecule has 1 unspecified atom stereocenters. The van der Waals surface area contributed by atoms with Gasteiger partial charge in [-0.15, -0.1) is 12.3 Å². The van der Waals surface area contributed by atoms with Crippen molar-refractivity contribution in [1.29, 1.82) is 0 Å². The smallest absolute Gasteiger partial charge is 0.387 e. The average molecular weight is 267 g/mol. The van der Waals surface area contributed by atoms with E-state index < -0.39 is 6.61 Å². The van der Waals surface area contributed by atoms with Crippen LogP contribution in [0.25, 0.3) is 0 Å². The topological polar surface area (TPSA) is 21.3 Å². The van der Waals surface area contributed by atoms with Crippen LogP contribution >= 0.6 is 0 Å². The predicted octanol–water partition coefficient (Wildman–Crippen LogP) is 3.74. The maximum absolute atomic E-state index is 12.4. The third-order valence-electron chi connectivity index (χ3n) is 2.73. The van der Waals surface area contributed by atoms with Gasteiger partial charge >= 0.3 is 6.61 Å². The molecule has 0 saturated carbocycles. The summed E-state index contributed by atoms with van der Waals surface area (Å²) in [6, 6.07) is 6.77. The van der Waals surface area contributed by atoms with E-state index in [1.165, 1.54) is 0 Å². The van der Waals surface area contributed by atoms with Crippen LogP contribution in [0.2, 0.25) is 0 Å². The molecule has 0 amide bonds. The maximum Gasteiger partial charge on any atom is 0.387 e. The van der Waals surface area contributed by atoms with Gasteiger partial charge in [0.25, 0.3) is 0 Å². The highest BCUT2D eigenvalue weighted by molar-refractivity contribution is 5.36. The normalized spacial score (nSPS) is 12.2. The van der Waals surface area contributed by atoms with E-state index in [1.54, 1.807) is 18.2 Å². The molecule has 0 spiro atoms. The molecule has 0 radical (unpaired) electrons. The number of terminal acetylenes is 1. The van der Waals surface area contributed by atoms with Crippen LogP contribution < -0.4 is 10.1 Å². The van der Waals surface area contributed by atoms with Gasteiger partial charge in [-0.2, -0.15) is 8.78 Å². The molecule has 0 aliphatic heterocycles. The number of para-hydroxylation sites is 1. The van der Waals surface area contributed by atoms with Gasteiger partial charge in [0.15, 0.2) is 0 Å². The molecule has 1 rings (SSSR count). The number of ether oxygens (including phenoxy) is 1. The number of hydrogen-bond acceptors (Lipinski definition) is 2. The molecular formula is C15H19F2NO. The summed E-state index contributed by atoms with van der Waals surface area (Å²) in [6.45, 7) is 0.0334. The van der Waals surface area contributed by atoms with Crippen LogP contribution in [-0.2, 0) is 0 Å². The Morgan fingerprint density at radius 1 is 1.37 bits per heavy atom. The van der Waals surface area contributed by atoms with Gasteiger partial charge in [-0.25, -0.2) is 0 Å². The van der Waals surface area contributed by atoms with E-state index in [0.29, 0.717) is 12.8 Å². The number of rotatable bonds is 8. The lowest BCUT2D eigenvalue weighted by Crippen LogP contribution is -2.23. The van der Waals surface area contributed by atoms with Gasteiger partial charge < -0.3 is 10.1 Å². The third kappa shape index (κ3) is 5.27. The Bertz CT molecular complexity index is 415. The lowest BCUT2D eigenvalue weighted by Gasteiger charge is -2.21. The molecule has 104 valence electrons. The van der Waals surface area contributed by atoms with Crippen molar-refractivity contribution in [2.45, 2.75) is 38.8 Å². The molecule has 0 bridgehead atoms.